The van der Waals surface area contributed by atoms with Gasteiger partial charge in [0.1, 0.15) is 0 Å². The van der Waals surface area contributed by atoms with E-state index in [9.17, 15) is 13.2 Å². The van der Waals surface area contributed by atoms with Crippen molar-refractivity contribution in [3.8, 4) is 0 Å². The summed E-state index contributed by atoms with van der Waals surface area (Å²) in [6.07, 6.45) is 3.29. The summed E-state index contributed by atoms with van der Waals surface area (Å²) in [5.74, 6) is -0.322. The smallest absolute Gasteiger partial charge is 0.260 e. The number of likely N-dealkylation sites (N-methyl/N-ethyl adjacent to an activating group) is 1. The van der Waals surface area contributed by atoms with Crippen molar-refractivity contribution in [3.63, 3.8) is 0 Å². The van der Waals surface area contributed by atoms with Crippen molar-refractivity contribution < 1.29 is 13.2 Å². The summed E-state index contributed by atoms with van der Waals surface area (Å²) >= 11 is 0. The molecule has 0 saturated heterocycles. The van der Waals surface area contributed by atoms with E-state index in [2.05, 4.69) is 15.3 Å². The minimum atomic E-state index is -3.66. The molecule has 0 unspecified atom stereocenters. The molecular weight excluding hydrogens is 244 g/mol. The summed E-state index contributed by atoms with van der Waals surface area (Å²) in [7, 11) is -2.31. The number of nitrogens with one attached hydrogen (secondary N) is 2. The topological polar surface area (TPSA) is 95.2 Å². The van der Waals surface area contributed by atoms with Gasteiger partial charge < -0.3 is 10.3 Å². The average Bonchev–Trinajstić information content (AvgIpc) is 2.80. The van der Waals surface area contributed by atoms with Gasteiger partial charge in [0.2, 0.25) is 5.91 Å². The summed E-state index contributed by atoms with van der Waals surface area (Å²) in [5.41, 5.74) is 0. The Hall–Kier alpha value is -1.41. The van der Waals surface area contributed by atoms with Crippen LogP contribution in [-0.2, 0) is 14.8 Å². The van der Waals surface area contributed by atoms with Crippen molar-refractivity contribution in [1.29, 1.82) is 0 Å². The van der Waals surface area contributed by atoms with Gasteiger partial charge in [-0.3, -0.25) is 4.79 Å². The Morgan fingerprint density at radius 1 is 1.59 bits per heavy atom. The molecule has 0 atom stereocenters. The fraction of sp³-hybridized carbons (Fsp3) is 0.556. The predicted octanol–water partition coefficient (Wildman–Crippen LogP) is -0.444. The number of nitrogens with zero attached hydrogens (tertiary/aromatic N) is 2. The van der Waals surface area contributed by atoms with Crippen LogP contribution in [-0.4, -0.2) is 48.7 Å². The molecule has 7 nitrogen and oxygen atoms in total. The molecule has 2 N–H and O–H groups in total. The first kappa shape index (κ1) is 13.7. The molecule has 17 heavy (non-hydrogen) atoms. The molecule has 0 radical (unpaired) electrons. The van der Waals surface area contributed by atoms with Crippen LogP contribution in [0.3, 0.4) is 0 Å². The van der Waals surface area contributed by atoms with E-state index < -0.39 is 10.0 Å². The second-order valence-corrected chi connectivity index (χ2v) is 5.54. The van der Waals surface area contributed by atoms with Crippen molar-refractivity contribution in [2.24, 2.45) is 0 Å². The predicted molar refractivity (Wildman–Crippen MR) is 61.7 cm³/mol. The average molecular weight is 260 g/mol. The van der Waals surface area contributed by atoms with Crippen molar-refractivity contribution >= 4 is 15.9 Å². The van der Waals surface area contributed by atoms with Crippen LogP contribution in [0, 0.1) is 0 Å². The maximum Gasteiger partial charge on any atom is 0.260 e. The van der Waals surface area contributed by atoms with E-state index in [0.29, 0.717) is 6.54 Å². The van der Waals surface area contributed by atoms with E-state index in [1.54, 1.807) is 0 Å². The van der Waals surface area contributed by atoms with Crippen molar-refractivity contribution in [2.45, 2.75) is 18.4 Å². The molecule has 1 aromatic rings. The van der Waals surface area contributed by atoms with Crippen LogP contribution in [0.2, 0.25) is 0 Å². The van der Waals surface area contributed by atoms with Crippen LogP contribution in [0.1, 0.15) is 13.3 Å². The van der Waals surface area contributed by atoms with Gasteiger partial charge in [-0.05, 0) is 6.42 Å². The Kier molecular flexibility index (Phi) is 4.64. The van der Waals surface area contributed by atoms with E-state index in [1.165, 1.54) is 19.6 Å². The lowest BCUT2D eigenvalue weighted by Gasteiger charge is -2.15. The number of aromatic nitrogens is 2. The number of aromatic amines is 1. The Morgan fingerprint density at radius 2 is 2.29 bits per heavy atom. The van der Waals surface area contributed by atoms with E-state index >= 15 is 0 Å². The first-order chi connectivity index (χ1) is 7.98. The third-order valence-electron chi connectivity index (χ3n) is 2.10. The fourth-order valence-electron chi connectivity index (χ4n) is 1.16. The number of carbonyl (C=O) groups is 1. The molecule has 96 valence electrons. The molecule has 0 bridgehead atoms. The maximum atomic E-state index is 11.9. The lowest BCUT2D eigenvalue weighted by molar-refractivity contribution is -0.121. The number of amides is 1. The van der Waals surface area contributed by atoms with Crippen molar-refractivity contribution in [2.75, 3.05) is 20.1 Å². The number of sulfonamides is 1. The molecule has 8 heteroatoms. The molecule has 1 amide bonds. The molecule has 1 rings (SSSR count). The standard InChI is InChI=1S/C9H16N4O3S/c1-3-4-11-8(14)6-13(2)17(15,16)9-5-10-7-12-9/h5,7H,3-4,6H2,1-2H3,(H,10,12)(H,11,14). The van der Waals surface area contributed by atoms with Gasteiger partial charge >= 0.3 is 0 Å². The molecule has 0 spiro atoms. The molecule has 1 heterocycles. The molecule has 0 saturated carbocycles. The molecule has 0 aliphatic carbocycles. The van der Waals surface area contributed by atoms with Gasteiger partial charge in [0.15, 0.2) is 5.03 Å². The number of hydrogen-bond donors (Lipinski definition) is 2. The van der Waals surface area contributed by atoms with Crippen LogP contribution >= 0.6 is 0 Å². The van der Waals surface area contributed by atoms with Crippen LogP contribution in [0.4, 0.5) is 0 Å². The number of rotatable bonds is 6. The monoisotopic (exact) mass is 260 g/mol. The molecule has 0 aliphatic heterocycles. The SMILES string of the molecule is CCCNC(=O)CN(C)S(=O)(=O)c1cnc[nH]1. The third-order valence-corrected chi connectivity index (χ3v) is 3.83. The zero-order valence-corrected chi connectivity index (χ0v) is 10.6. The first-order valence-electron chi connectivity index (χ1n) is 5.20. The number of carbonyl (C=O) groups excluding carboxylic acids is 1. The Labute approximate surface area is 100 Å². The van der Waals surface area contributed by atoms with E-state index in [0.717, 1.165) is 10.7 Å². The van der Waals surface area contributed by atoms with Crippen LogP contribution < -0.4 is 5.32 Å². The van der Waals surface area contributed by atoms with E-state index in [-0.39, 0.29) is 17.5 Å². The lowest BCUT2D eigenvalue weighted by Crippen LogP contribution is -2.38. The minimum Gasteiger partial charge on any atom is -0.355 e. The second-order valence-electron chi connectivity index (χ2n) is 3.53. The highest BCUT2D eigenvalue weighted by molar-refractivity contribution is 7.89. The normalized spacial score (nSPS) is 11.7. The second kappa shape index (κ2) is 5.78. The van der Waals surface area contributed by atoms with Gasteiger partial charge in [0.05, 0.1) is 19.1 Å². The zero-order chi connectivity index (χ0) is 12.9. The summed E-state index contributed by atoms with van der Waals surface area (Å²) in [5, 5.41) is 2.59. The molecule has 0 fully saturated rings. The lowest BCUT2D eigenvalue weighted by atomic mass is 10.4. The Bertz CT molecular complexity index is 455. The van der Waals surface area contributed by atoms with Crippen LogP contribution in [0.25, 0.3) is 0 Å². The maximum absolute atomic E-state index is 11.9. The van der Waals surface area contributed by atoms with Crippen LogP contribution in [0.5, 0.6) is 0 Å². The summed E-state index contributed by atoms with van der Waals surface area (Å²) < 4.78 is 24.7. The Morgan fingerprint density at radius 3 is 2.82 bits per heavy atom. The van der Waals surface area contributed by atoms with Gasteiger partial charge in [0.25, 0.3) is 10.0 Å². The molecular formula is C9H16N4O3S. The van der Waals surface area contributed by atoms with Gasteiger partial charge in [0, 0.05) is 13.6 Å². The highest BCUT2D eigenvalue weighted by Gasteiger charge is 2.23. The van der Waals surface area contributed by atoms with Crippen molar-refractivity contribution in [1.82, 2.24) is 19.6 Å². The zero-order valence-electron chi connectivity index (χ0n) is 9.80. The fourth-order valence-corrected chi connectivity index (χ4v) is 2.18. The third kappa shape index (κ3) is 3.53. The van der Waals surface area contributed by atoms with E-state index in [1.807, 2.05) is 6.92 Å². The van der Waals surface area contributed by atoms with Gasteiger partial charge in [-0.2, -0.15) is 4.31 Å². The summed E-state index contributed by atoms with van der Waals surface area (Å²) in [4.78, 5) is 17.5. The largest absolute Gasteiger partial charge is 0.355 e. The molecule has 0 aromatic carbocycles. The summed E-state index contributed by atoms with van der Waals surface area (Å²) in [6.45, 7) is 2.25. The van der Waals surface area contributed by atoms with Gasteiger partial charge in [-0.25, -0.2) is 13.4 Å². The molecule has 0 aliphatic rings. The summed E-state index contributed by atoms with van der Waals surface area (Å²) in [6, 6.07) is 0. The highest BCUT2D eigenvalue weighted by Crippen LogP contribution is 2.08. The van der Waals surface area contributed by atoms with Crippen LogP contribution in [0.15, 0.2) is 17.6 Å². The van der Waals surface area contributed by atoms with E-state index in [4.69, 9.17) is 0 Å². The van der Waals surface area contributed by atoms with Gasteiger partial charge in [-0.15, -0.1) is 0 Å². The first-order valence-corrected chi connectivity index (χ1v) is 6.64. The molecule has 1 aromatic heterocycles. The minimum absolute atomic E-state index is 0.0247. The highest BCUT2D eigenvalue weighted by atomic mass is 32.2. The number of imidazole rings is 1. The Balaban J connectivity index is 2.64. The van der Waals surface area contributed by atoms with Crippen molar-refractivity contribution in [3.05, 3.63) is 12.5 Å². The number of hydrogen-bond acceptors (Lipinski definition) is 4. The quantitative estimate of drug-likeness (QED) is 0.724. The van der Waals surface area contributed by atoms with Gasteiger partial charge in [-0.1, -0.05) is 6.92 Å². The number of H-pyrrole nitrogens is 1.